The van der Waals surface area contributed by atoms with Gasteiger partial charge in [0.2, 0.25) is 0 Å². The zero-order valence-corrected chi connectivity index (χ0v) is 24.9. The van der Waals surface area contributed by atoms with Crippen molar-refractivity contribution in [1.29, 1.82) is 0 Å². The highest BCUT2D eigenvalue weighted by atomic mass is 35.5. The van der Waals surface area contributed by atoms with Gasteiger partial charge >= 0.3 is 0 Å². The van der Waals surface area contributed by atoms with Crippen molar-refractivity contribution < 1.29 is 8.42 Å². The van der Waals surface area contributed by atoms with Gasteiger partial charge in [-0.05, 0) is 24.3 Å². The Morgan fingerprint density at radius 3 is 1.72 bits per heavy atom. The first-order valence-corrected chi connectivity index (χ1v) is 15.1. The number of nitrogens with zero attached hydrogens (tertiary/aromatic N) is 5. The second-order valence-corrected chi connectivity index (χ2v) is 11.3. The van der Waals surface area contributed by atoms with Gasteiger partial charge < -0.3 is 4.98 Å². The Morgan fingerprint density at radius 1 is 0.628 bits per heavy atom. The molecule has 0 amide bonds. The zero-order chi connectivity index (χ0) is 30.4. The molecular weight excluding hydrogens is 603 g/mol. The highest BCUT2D eigenvalue weighted by Gasteiger charge is 2.21. The van der Waals surface area contributed by atoms with Gasteiger partial charge in [-0.15, -0.1) is 13.2 Å². The Balaban J connectivity index is 0.000000176. The van der Waals surface area contributed by atoms with E-state index in [4.69, 9.17) is 23.2 Å². The van der Waals surface area contributed by atoms with Crippen LogP contribution in [-0.2, 0) is 10.0 Å². The lowest BCUT2D eigenvalue weighted by molar-refractivity contribution is 0.589. The van der Waals surface area contributed by atoms with Crippen LogP contribution in [-0.4, -0.2) is 37.3 Å². The monoisotopic (exact) mass is 626 g/mol. The molecule has 7 rings (SSSR count). The van der Waals surface area contributed by atoms with Crippen molar-refractivity contribution in [1.82, 2.24) is 28.9 Å². The van der Waals surface area contributed by atoms with Crippen LogP contribution in [0.15, 0.2) is 134 Å². The summed E-state index contributed by atoms with van der Waals surface area (Å²) in [6, 6.07) is 30.7. The molecule has 0 saturated carbocycles. The Bertz CT molecular complexity index is 2100. The number of fused-ring (bicyclic) bond motifs is 2. The van der Waals surface area contributed by atoms with Gasteiger partial charge in [-0.3, -0.25) is 0 Å². The fourth-order valence-corrected chi connectivity index (χ4v) is 5.97. The molecule has 1 N–H and O–H groups in total. The average molecular weight is 628 g/mol. The van der Waals surface area contributed by atoms with Crippen molar-refractivity contribution in [2.75, 3.05) is 0 Å². The average Bonchev–Trinajstić information content (AvgIpc) is 3.72. The molecule has 214 valence electrons. The fraction of sp³-hybridized carbons (Fsp3) is 0. The lowest BCUT2D eigenvalue weighted by Crippen LogP contribution is -2.12. The minimum absolute atomic E-state index is 0.184. The molecule has 0 saturated heterocycles. The van der Waals surface area contributed by atoms with E-state index in [1.54, 1.807) is 42.6 Å². The van der Waals surface area contributed by atoms with Gasteiger partial charge in [0, 0.05) is 23.5 Å². The summed E-state index contributed by atoms with van der Waals surface area (Å²) in [5.74, 6) is 1.02. The summed E-state index contributed by atoms with van der Waals surface area (Å²) in [6.07, 6.45) is 3.25. The quantitative estimate of drug-likeness (QED) is 0.156. The molecule has 11 heteroatoms. The predicted octanol–water partition coefficient (Wildman–Crippen LogP) is 8.07. The number of rotatable bonds is 4. The van der Waals surface area contributed by atoms with Crippen LogP contribution < -0.4 is 0 Å². The Kier molecular flexibility index (Phi) is 8.96. The molecule has 7 aromatic rings. The van der Waals surface area contributed by atoms with E-state index in [1.807, 2.05) is 66.7 Å². The molecule has 0 unspecified atom stereocenters. The van der Waals surface area contributed by atoms with E-state index in [-0.39, 0.29) is 15.7 Å². The Hall–Kier alpha value is -4.83. The highest BCUT2D eigenvalue weighted by molar-refractivity contribution is 7.90. The predicted molar refractivity (Wildman–Crippen MR) is 173 cm³/mol. The van der Waals surface area contributed by atoms with Gasteiger partial charge in [-0.2, -0.15) is 0 Å². The second-order valence-electron chi connectivity index (χ2n) is 8.81. The molecule has 0 radical (unpaired) electrons. The van der Waals surface area contributed by atoms with E-state index in [9.17, 15) is 8.42 Å². The van der Waals surface area contributed by atoms with E-state index in [0.717, 1.165) is 26.1 Å². The van der Waals surface area contributed by atoms with Gasteiger partial charge in [0.25, 0.3) is 10.0 Å². The maximum Gasteiger partial charge on any atom is 0.269 e. The number of hydrogen-bond acceptors (Lipinski definition) is 6. The van der Waals surface area contributed by atoms with E-state index in [2.05, 4.69) is 38.1 Å². The van der Waals surface area contributed by atoms with E-state index in [1.165, 1.54) is 6.20 Å². The summed E-state index contributed by atoms with van der Waals surface area (Å²) < 4.78 is 27.0. The molecule has 0 spiro atoms. The van der Waals surface area contributed by atoms with Crippen molar-refractivity contribution in [3.63, 3.8) is 0 Å². The lowest BCUT2D eigenvalue weighted by Gasteiger charge is -2.08. The van der Waals surface area contributed by atoms with Gasteiger partial charge in [0.05, 0.1) is 15.7 Å². The third-order valence-corrected chi connectivity index (χ3v) is 8.45. The van der Waals surface area contributed by atoms with Crippen LogP contribution in [0.2, 0.25) is 10.3 Å². The van der Waals surface area contributed by atoms with Crippen LogP contribution in [0.1, 0.15) is 0 Å². The molecule has 0 atom stereocenters. The minimum atomic E-state index is -3.77. The lowest BCUT2D eigenvalue weighted by atomic mass is 10.2. The van der Waals surface area contributed by atoms with Crippen molar-refractivity contribution in [3.05, 3.63) is 139 Å². The summed E-state index contributed by atoms with van der Waals surface area (Å²) >= 11 is 12.3. The van der Waals surface area contributed by atoms with Crippen LogP contribution in [0, 0.1) is 0 Å². The summed E-state index contributed by atoms with van der Waals surface area (Å²) in [6.45, 7) is 6.00. The van der Waals surface area contributed by atoms with Crippen molar-refractivity contribution in [3.8, 4) is 22.8 Å². The standard InChI is InChI=1S/C18H12ClN3O2S.C12H8ClN3.C2H4/c19-16-15-11-12-22(25(23,24)14-9-5-2-6-10-14)18(15)21-17(20-16)13-7-3-1-4-8-13;13-10-9-6-7-14-12(9)16-11(15-10)8-4-2-1-3-5-8;1-2/h1-12H;1-7H,(H,14,15,16);1-2H2. The summed E-state index contributed by atoms with van der Waals surface area (Å²) in [7, 11) is -3.77. The largest absolute Gasteiger partial charge is 0.346 e. The topological polar surface area (TPSA) is 106 Å². The minimum Gasteiger partial charge on any atom is -0.346 e. The molecule has 0 aliphatic rings. The van der Waals surface area contributed by atoms with Gasteiger partial charge in [-0.25, -0.2) is 32.3 Å². The maximum absolute atomic E-state index is 12.9. The van der Waals surface area contributed by atoms with Crippen molar-refractivity contribution in [2.45, 2.75) is 4.90 Å². The van der Waals surface area contributed by atoms with Gasteiger partial charge in [-0.1, -0.05) is 102 Å². The first kappa shape index (κ1) is 29.7. The number of aromatic amines is 1. The van der Waals surface area contributed by atoms with Gasteiger partial charge in [0.1, 0.15) is 16.0 Å². The number of hydrogen-bond donors (Lipinski definition) is 1. The van der Waals surface area contributed by atoms with E-state index >= 15 is 0 Å². The first-order valence-electron chi connectivity index (χ1n) is 12.9. The first-order chi connectivity index (χ1) is 20.9. The number of halogens is 2. The molecule has 0 bridgehead atoms. The van der Waals surface area contributed by atoms with Crippen molar-refractivity contribution >= 4 is 55.3 Å². The zero-order valence-electron chi connectivity index (χ0n) is 22.6. The van der Waals surface area contributed by atoms with Crippen LogP contribution in [0.25, 0.3) is 44.8 Å². The third-order valence-electron chi connectivity index (χ3n) is 6.20. The number of H-pyrrole nitrogens is 1. The molecule has 4 heterocycles. The number of nitrogens with one attached hydrogen (secondary N) is 1. The van der Waals surface area contributed by atoms with Gasteiger partial charge in [0.15, 0.2) is 17.3 Å². The summed E-state index contributed by atoms with van der Waals surface area (Å²) in [5.41, 5.74) is 2.73. The van der Waals surface area contributed by atoms with Crippen molar-refractivity contribution in [2.24, 2.45) is 0 Å². The third kappa shape index (κ3) is 6.19. The molecule has 0 fully saturated rings. The Morgan fingerprint density at radius 2 is 1.14 bits per heavy atom. The number of benzene rings is 3. The summed E-state index contributed by atoms with van der Waals surface area (Å²) in [5, 5.41) is 2.03. The Labute approximate surface area is 258 Å². The summed E-state index contributed by atoms with van der Waals surface area (Å²) in [4.78, 5) is 20.6. The second kappa shape index (κ2) is 13.0. The van der Waals surface area contributed by atoms with Crippen LogP contribution in [0.4, 0.5) is 0 Å². The molecule has 43 heavy (non-hydrogen) atoms. The molecule has 4 aromatic heterocycles. The highest BCUT2D eigenvalue weighted by Crippen LogP contribution is 2.28. The van der Waals surface area contributed by atoms with Crippen LogP contribution in [0.5, 0.6) is 0 Å². The van der Waals surface area contributed by atoms with E-state index in [0.29, 0.717) is 22.2 Å². The van der Waals surface area contributed by atoms with E-state index < -0.39 is 10.0 Å². The molecular formula is C32H24Cl2N6O2S. The molecule has 0 aliphatic carbocycles. The normalized spacial score (nSPS) is 10.9. The molecule has 3 aromatic carbocycles. The smallest absolute Gasteiger partial charge is 0.269 e. The van der Waals surface area contributed by atoms with Crippen LogP contribution >= 0.6 is 23.2 Å². The number of aromatic nitrogens is 6. The maximum atomic E-state index is 12.9. The van der Waals surface area contributed by atoms with Crippen LogP contribution in [0.3, 0.4) is 0 Å². The molecule has 0 aliphatic heterocycles. The molecule has 8 nitrogen and oxygen atoms in total. The fourth-order valence-electron chi connectivity index (χ4n) is 4.19. The SMILES string of the molecule is C=C.Clc1nc(-c2ccccc2)nc2[nH]ccc12.O=S(=O)(c1ccccc1)n1ccc2c(Cl)nc(-c3ccccc3)nc21.